The third-order valence-electron chi connectivity index (χ3n) is 3.64. The number of aromatic amines is 1. The molecule has 12 heteroatoms. The molecule has 0 aliphatic rings. The summed E-state index contributed by atoms with van der Waals surface area (Å²) in [5.41, 5.74) is 0.250. The van der Waals surface area contributed by atoms with E-state index in [1.165, 1.54) is 42.6 Å². The monoisotopic (exact) mass is 433 g/mol. The first-order valence-corrected chi connectivity index (χ1v) is 10.5. The molecule has 0 aliphatic heterocycles. The van der Waals surface area contributed by atoms with Crippen LogP contribution in [0.1, 0.15) is 16.1 Å². The molecule has 3 rings (SSSR count). The summed E-state index contributed by atoms with van der Waals surface area (Å²) in [5, 5.41) is 12.0. The minimum atomic E-state index is -3.80. The Labute approximate surface area is 168 Å². The smallest absolute Gasteiger partial charge is 0.263 e. The number of primary sulfonamides is 1. The van der Waals surface area contributed by atoms with Gasteiger partial charge in [0.15, 0.2) is 5.13 Å². The number of sulfonamides is 1. The number of carbonyl (C=O) groups is 2. The summed E-state index contributed by atoms with van der Waals surface area (Å²) in [6, 6.07) is 8.32. The zero-order valence-electron chi connectivity index (χ0n) is 14.7. The highest BCUT2D eigenvalue weighted by Gasteiger charge is 2.14. The number of nitrogens with two attached hydrogens (primary N) is 1. The van der Waals surface area contributed by atoms with Crippen LogP contribution in [0.5, 0.6) is 0 Å². The van der Waals surface area contributed by atoms with Gasteiger partial charge in [0.1, 0.15) is 5.56 Å². The van der Waals surface area contributed by atoms with Gasteiger partial charge in [-0.2, -0.15) is 0 Å². The molecule has 10 nitrogen and oxygen atoms in total. The van der Waals surface area contributed by atoms with E-state index in [-0.39, 0.29) is 27.9 Å². The van der Waals surface area contributed by atoms with Crippen LogP contribution in [-0.2, 0) is 21.2 Å². The van der Waals surface area contributed by atoms with E-state index in [1.807, 2.05) is 0 Å². The highest BCUT2D eigenvalue weighted by atomic mass is 32.2. The van der Waals surface area contributed by atoms with Crippen molar-refractivity contribution in [3.63, 3.8) is 0 Å². The summed E-state index contributed by atoms with van der Waals surface area (Å²) in [6.07, 6.45) is 1.36. The largest absolute Gasteiger partial charge is 0.328 e. The van der Waals surface area contributed by atoms with E-state index in [9.17, 15) is 22.8 Å². The van der Waals surface area contributed by atoms with Crippen molar-refractivity contribution in [2.24, 2.45) is 5.14 Å². The fraction of sp³-hybridized carbons (Fsp3) is 0.0588. The first-order chi connectivity index (χ1) is 13.7. The number of carbonyl (C=O) groups excluding carboxylic acids is 2. The molecule has 0 aliphatic carbocycles. The van der Waals surface area contributed by atoms with Crippen LogP contribution in [0, 0.1) is 0 Å². The van der Waals surface area contributed by atoms with Crippen LogP contribution in [0.3, 0.4) is 0 Å². The molecule has 0 saturated carbocycles. The average Bonchev–Trinajstić information content (AvgIpc) is 3.08. The molecule has 0 spiro atoms. The van der Waals surface area contributed by atoms with E-state index in [2.05, 4.69) is 20.6 Å². The molecule has 2 heterocycles. The number of amides is 2. The van der Waals surface area contributed by atoms with Crippen LogP contribution in [0.2, 0.25) is 0 Å². The third-order valence-corrected chi connectivity index (χ3v) is 5.38. The minimum Gasteiger partial charge on any atom is -0.328 e. The summed E-state index contributed by atoms with van der Waals surface area (Å²) >= 11 is 1.12. The normalized spacial score (nSPS) is 11.1. The van der Waals surface area contributed by atoms with Gasteiger partial charge in [0, 0.05) is 17.3 Å². The Kier molecular flexibility index (Phi) is 5.87. The van der Waals surface area contributed by atoms with Crippen molar-refractivity contribution in [1.29, 1.82) is 0 Å². The number of aromatic nitrogens is 2. The Bertz CT molecular complexity index is 1220. The van der Waals surface area contributed by atoms with Crippen LogP contribution in [0.4, 0.5) is 10.8 Å². The Morgan fingerprint density at radius 3 is 2.52 bits per heavy atom. The first kappa shape index (κ1) is 20.4. The maximum Gasteiger partial charge on any atom is 0.263 e. The lowest BCUT2D eigenvalue weighted by molar-refractivity contribution is -0.115. The van der Waals surface area contributed by atoms with Crippen molar-refractivity contribution < 1.29 is 18.0 Å². The van der Waals surface area contributed by atoms with E-state index >= 15 is 0 Å². The molecule has 5 N–H and O–H groups in total. The van der Waals surface area contributed by atoms with Crippen LogP contribution in [-0.4, -0.2) is 30.2 Å². The Balaban J connectivity index is 1.59. The molecular weight excluding hydrogens is 418 g/mol. The summed E-state index contributed by atoms with van der Waals surface area (Å²) < 4.78 is 22.5. The van der Waals surface area contributed by atoms with Crippen molar-refractivity contribution in [1.82, 2.24) is 9.97 Å². The number of H-pyrrole nitrogens is 1. The summed E-state index contributed by atoms with van der Waals surface area (Å²) in [6.45, 7) is 0. The second kappa shape index (κ2) is 8.34. The van der Waals surface area contributed by atoms with Crippen molar-refractivity contribution in [2.75, 3.05) is 10.6 Å². The summed E-state index contributed by atoms with van der Waals surface area (Å²) in [4.78, 5) is 42.4. The number of pyridine rings is 1. The van der Waals surface area contributed by atoms with Crippen LogP contribution >= 0.6 is 11.3 Å². The van der Waals surface area contributed by atoms with Crippen molar-refractivity contribution >= 4 is 44.0 Å². The van der Waals surface area contributed by atoms with Gasteiger partial charge in [0.25, 0.3) is 11.5 Å². The Hall–Kier alpha value is -3.35. The lowest BCUT2D eigenvalue weighted by atomic mass is 10.2. The third kappa shape index (κ3) is 5.34. The highest BCUT2D eigenvalue weighted by Crippen LogP contribution is 2.17. The number of nitrogens with one attached hydrogen (secondary N) is 3. The molecule has 0 fully saturated rings. The second-order valence-electron chi connectivity index (χ2n) is 5.81. The van der Waals surface area contributed by atoms with Gasteiger partial charge in [-0.3, -0.25) is 19.7 Å². The quantitative estimate of drug-likeness (QED) is 0.451. The summed E-state index contributed by atoms with van der Waals surface area (Å²) in [5.74, 6) is -0.983. The molecule has 3 aromatic rings. The number of hydrogen-bond donors (Lipinski definition) is 4. The fourth-order valence-corrected chi connectivity index (χ4v) is 3.53. The Morgan fingerprint density at radius 2 is 1.86 bits per heavy atom. The van der Waals surface area contributed by atoms with E-state index in [0.29, 0.717) is 11.4 Å². The van der Waals surface area contributed by atoms with E-state index in [1.54, 1.807) is 5.38 Å². The van der Waals surface area contributed by atoms with Gasteiger partial charge in [0.05, 0.1) is 17.0 Å². The molecule has 0 saturated heterocycles. The number of rotatable bonds is 6. The predicted octanol–water partition coefficient (Wildman–Crippen LogP) is 0.912. The molecule has 2 amide bonds. The van der Waals surface area contributed by atoms with Gasteiger partial charge in [-0.1, -0.05) is 0 Å². The number of thiazole rings is 1. The molecule has 0 radical (unpaired) electrons. The molecule has 150 valence electrons. The SMILES string of the molecule is NS(=O)(=O)c1ccc(NC(=O)Cc2csc(NC(=O)c3ccc[nH]c3=O)n2)cc1. The molecule has 2 aromatic heterocycles. The predicted molar refractivity (Wildman–Crippen MR) is 107 cm³/mol. The first-order valence-electron chi connectivity index (χ1n) is 8.08. The van der Waals surface area contributed by atoms with E-state index < -0.39 is 21.5 Å². The number of nitrogens with zero attached hydrogens (tertiary/aromatic N) is 1. The molecule has 1 aromatic carbocycles. The zero-order chi connectivity index (χ0) is 21.0. The van der Waals surface area contributed by atoms with Gasteiger partial charge >= 0.3 is 0 Å². The molecule has 0 atom stereocenters. The van der Waals surface area contributed by atoms with Crippen LogP contribution < -0.4 is 21.3 Å². The van der Waals surface area contributed by atoms with Crippen molar-refractivity contribution in [3.8, 4) is 0 Å². The standard InChI is InChI=1S/C17H15N5O5S2/c18-29(26,27)12-5-3-10(4-6-12)20-14(23)8-11-9-28-17(21-11)22-16(25)13-2-1-7-19-15(13)24/h1-7,9H,8H2,(H,19,24)(H,20,23)(H2,18,26,27)(H,21,22,25). The zero-order valence-corrected chi connectivity index (χ0v) is 16.3. The van der Waals surface area contributed by atoms with E-state index in [0.717, 1.165) is 11.3 Å². The lowest BCUT2D eigenvalue weighted by Gasteiger charge is -2.05. The van der Waals surface area contributed by atoms with Gasteiger partial charge < -0.3 is 10.3 Å². The summed E-state index contributed by atoms with van der Waals surface area (Å²) in [7, 11) is -3.80. The van der Waals surface area contributed by atoms with Gasteiger partial charge in [-0.25, -0.2) is 18.5 Å². The maximum absolute atomic E-state index is 12.1. The second-order valence-corrected chi connectivity index (χ2v) is 8.22. The number of anilines is 2. The van der Waals surface area contributed by atoms with Crippen LogP contribution in [0.15, 0.2) is 57.7 Å². The minimum absolute atomic E-state index is 0.0510. The number of hydrogen-bond acceptors (Lipinski definition) is 7. The average molecular weight is 433 g/mol. The lowest BCUT2D eigenvalue weighted by Crippen LogP contribution is -2.22. The molecule has 29 heavy (non-hydrogen) atoms. The van der Waals surface area contributed by atoms with E-state index in [4.69, 9.17) is 5.14 Å². The van der Waals surface area contributed by atoms with Crippen molar-refractivity contribution in [2.45, 2.75) is 11.3 Å². The molecule has 0 bridgehead atoms. The Morgan fingerprint density at radius 1 is 1.14 bits per heavy atom. The number of benzene rings is 1. The fourth-order valence-electron chi connectivity index (χ4n) is 2.31. The van der Waals surface area contributed by atoms with Gasteiger partial charge in [-0.15, -0.1) is 11.3 Å². The van der Waals surface area contributed by atoms with Gasteiger partial charge in [0.2, 0.25) is 15.9 Å². The van der Waals surface area contributed by atoms with Gasteiger partial charge in [-0.05, 0) is 36.4 Å². The van der Waals surface area contributed by atoms with Crippen molar-refractivity contribution in [3.05, 3.63) is 69.6 Å². The topological polar surface area (TPSA) is 164 Å². The highest BCUT2D eigenvalue weighted by molar-refractivity contribution is 7.89. The molecule has 0 unspecified atom stereocenters. The van der Waals surface area contributed by atoms with Crippen LogP contribution in [0.25, 0.3) is 0 Å². The maximum atomic E-state index is 12.1. The molecular formula is C17H15N5O5S2.